The summed E-state index contributed by atoms with van der Waals surface area (Å²) in [4.78, 5) is 14.4. The quantitative estimate of drug-likeness (QED) is 0.622. The fraction of sp³-hybridized carbons (Fsp3) is 0.357. The Kier molecular flexibility index (Phi) is 4.84. The highest BCUT2D eigenvalue weighted by Crippen LogP contribution is 2.21. The molecule has 0 aliphatic heterocycles. The monoisotopic (exact) mass is 274 g/mol. The predicted molar refractivity (Wildman–Crippen MR) is 76.4 cm³/mol. The molecule has 6 nitrogen and oxygen atoms in total. The number of rotatable bonds is 7. The van der Waals surface area contributed by atoms with Gasteiger partial charge in [0.1, 0.15) is 0 Å². The predicted octanol–water partition coefficient (Wildman–Crippen LogP) is 2.53. The Morgan fingerprint density at radius 1 is 1.50 bits per heavy atom. The molecule has 0 saturated carbocycles. The van der Waals surface area contributed by atoms with Crippen molar-refractivity contribution in [3.8, 4) is 0 Å². The molecule has 1 atom stereocenters. The third-order valence-electron chi connectivity index (χ3n) is 3.21. The maximum Gasteiger partial charge on any atom is 0.269 e. The molecule has 0 bridgehead atoms. The van der Waals surface area contributed by atoms with Gasteiger partial charge >= 0.3 is 0 Å². The van der Waals surface area contributed by atoms with Gasteiger partial charge in [0.25, 0.3) is 5.69 Å². The van der Waals surface area contributed by atoms with Gasteiger partial charge in [-0.25, -0.2) is 4.98 Å². The van der Waals surface area contributed by atoms with Gasteiger partial charge in [-0.1, -0.05) is 19.1 Å². The highest BCUT2D eigenvalue weighted by atomic mass is 16.6. The van der Waals surface area contributed by atoms with Crippen molar-refractivity contribution in [1.82, 2.24) is 14.9 Å². The number of imidazole rings is 1. The lowest BCUT2D eigenvalue weighted by molar-refractivity contribution is -0.384. The third kappa shape index (κ3) is 3.64. The second-order valence-corrected chi connectivity index (χ2v) is 4.57. The van der Waals surface area contributed by atoms with Crippen molar-refractivity contribution in [2.24, 2.45) is 0 Å². The molecule has 0 aliphatic rings. The lowest BCUT2D eigenvalue weighted by atomic mass is 10.0. The van der Waals surface area contributed by atoms with E-state index < -0.39 is 0 Å². The lowest BCUT2D eigenvalue weighted by Crippen LogP contribution is -2.24. The van der Waals surface area contributed by atoms with Crippen molar-refractivity contribution in [3.05, 3.63) is 58.7 Å². The maximum atomic E-state index is 10.8. The van der Waals surface area contributed by atoms with Gasteiger partial charge in [0.05, 0.1) is 11.3 Å². The average Bonchev–Trinajstić information content (AvgIpc) is 2.97. The highest BCUT2D eigenvalue weighted by molar-refractivity contribution is 5.35. The summed E-state index contributed by atoms with van der Waals surface area (Å²) in [5.41, 5.74) is 1.09. The molecule has 6 heteroatoms. The number of benzene rings is 1. The van der Waals surface area contributed by atoms with E-state index in [1.807, 2.05) is 16.8 Å². The first kappa shape index (κ1) is 14.2. The SMILES string of the molecule is CCC(NCCn1ccnc1)c1cccc([N+](=O)[O-])c1. The summed E-state index contributed by atoms with van der Waals surface area (Å²) < 4.78 is 1.99. The summed E-state index contributed by atoms with van der Waals surface area (Å²) in [6.45, 7) is 3.68. The first-order valence-corrected chi connectivity index (χ1v) is 6.64. The lowest BCUT2D eigenvalue weighted by Gasteiger charge is -2.17. The molecule has 1 unspecified atom stereocenters. The third-order valence-corrected chi connectivity index (χ3v) is 3.21. The standard InChI is InChI=1S/C14H18N4O2/c1-2-14(16-7-9-17-8-6-15-11-17)12-4-3-5-13(10-12)18(19)20/h3-6,8,10-11,14,16H,2,7,9H2,1H3. The molecular weight excluding hydrogens is 256 g/mol. The normalized spacial score (nSPS) is 12.2. The van der Waals surface area contributed by atoms with Gasteiger partial charge in [0, 0.05) is 43.7 Å². The van der Waals surface area contributed by atoms with Crippen LogP contribution in [0.4, 0.5) is 5.69 Å². The van der Waals surface area contributed by atoms with Crippen LogP contribution in [0.25, 0.3) is 0 Å². The molecule has 2 aromatic rings. The topological polar surface area (TPSA) is 73.0 Å². The molecule has 1 heterocycles. The van der Waals surface area contributed by atoms with E-state index in [1.54, 1.807) is 24.7 Å². The number of non-ortho nitro benzene ring substituents is 1. The smallest absolute Gasteiger partial charge is 0.269 e. The number of nitro groups is 1. The van der Waals surface area contributed by atoms with Crippen LogP contribution in [-0.2, 0) is 6.54 Å². The van der Waals surface area contributed by atoms with Crippen molar-refractivity contribution < 1.29 is 4.92 Å². The summed E-state index contributed by atoms with van der Waals surface area (Å²) in [6, 6.07) is 6.93. The Morgan fingerprint density at radius 3 is 3.00 bits per heavy atom. The van der Waals surface area contributed by atoms with Gasteiger partial charge < -0.3 is 9.88 Å². The molecule has 0 amide bonds. The van der Waals surface area contributed by atoms with E-state index in [0.29, 0.717) is 0 Å². The summed E-state index contributed by atoms with van der Waals surface area (Å²) in [6.07, 6.45) is 6.31. The summed E-state index contributed by atoms with van der Waals surface area (Å²) in [5.74, 6) is 0. The summed E-state index contributed by atoms with van der Waals surface area (Å²) in [5, 5.41) is 14.2. The van der Waals surface area contributed by atoms with Gasteiger partial charge in [-0.05, 0) is 12.0 Å². The number of nitrogens with one attached hydrogen (secondary N) is 1. The zero-order valence-corrected chi connectivity index (χ0v) is 11.4. The van der Waals surface area contributed by atoms with E-state index in [4.69, 9.17) is 0 Å². The number of nitro benzene ring substituents is 1. The zero-order valence-electron chi connectivity index (χ0n) is 11.4. The average molecular weight is 274 g/mol. The maximum absolute atomic E-state index is 10.8. The van der Waals surface area contributed by atoms with Crippen molar-refractivity contribution in [2.45, 2.75) is 25.9 Å². The minimum absolute atomic E-state index is 0.124. The van der Waals surface area contributed by atoms with E-state index in [-0.39, 0.29) is 16.7 Å². The second-order valence-electron chi connectivity index (χ2n) is 4.57. The Bertz CT molecular complexity index is 554. The van der Waals surface area contributed by atoms with E-state index in [9.17, 15) is 10.1 Å². The number of hydrogen-bond acceptors (Lipinski definition) is 4. The van der Waals surface area contributed by atoms with Crippen LogP contribution in [0.15, 0.2) is 43.0 Å². The van der Waals surface area contributed by atoms with Gasteiger partial charge in [0.15, 0.2) is 0 Å². The minimum Gasteiger partial charge on any atom is -0.336 e. The molecule has 106 valence electrons. The molecule has 0 fully saturated rings. The highest BCUT2D eigenvalue weighted by Gasteiger charge is 2.12. The van der Waals surface area contributed by atoms with Crippen molar-refractivity contribution in [2.75, 3.05) is 6.54 Å². The molecule has 1 aromatic heterocycles. The van der Waals surface area contributed by atoms with Crippen molar-refractivity contribution >= 4 is 5.69 Å². The Balaban J connectivity index is 1.97. The van der Waals surface area contributed by atoms with Crippen LogP contribution in [0, 0.1) is 10.1 Å². The van der Waals surface area contributed by atoms with E-state index in [1.165, 1.54) is 6.07 Å². The number of aromatic nitrogens is 2. The summed E-state index contributed by atoms with van der Waals surface area (Å²) in [7, 11) is 0. The Labute approximate surface area is 117 Å². The first-order valence-electron chi connectivity index (χ1n) is 6.64. The molecular formula is C14H18N4O2. The molecule has 0 spiro atoms. The van der Waals surface area contributed by atoms with E-state index in [2.05, 4.69) is 17.2 Å². The van der Waals surface area contributed by atoms with Gasteiger partial charge in [-0.15, -0.1) is 0 Å². The van der Waals surface area contributed by atoms with E-state index >= 15 is 0 Å². The zero-order chi connectivity index (χ0) is 14.4. The van der Waals surface area contributed by atoms with Crippen LogP contribution in [-0.4, -0.2) is 21.0 Å². The van der Waals surface area contributed by atoms with E-state index in [0.717, 1.165) is 25.1 Å². The van der Waals surface area contributed by atoms with Gasteiger partial charge in [-0.3, -0.25) is 10.1 Å². The molecule has 1 aromatic carbocycles. The van der Waals surface area contributed by atoms with Crippen LogP contribution >= 0.6 is 0 Å². The molecule has 0 radical (unpaired) electrons. The van der Waals surface area contributed by atoms with Crippen LogP contribution in [0.3, 0.4) is 0 Å². The second kappa shape index (κ2) is 6.81. The van der Waals surface area contributed by atoms with Crippen LogP contribution in [0.1, 0.15) is 24.9 Å². The minimum atomic E-state index is -0.359. The summed E-state index contributed by atoms with van der Waals surface area (Å²) >= 11 is 0. The van der Waals surface area contributed by atoms with Crippen LogP contribution in [0.5, 0.6) is 0 Å². The molecule has 1 N–H and O–H groups in total. The van der Waals surface area contributed by atoms with Crippen LogP contribution in [0.2, 0.25) is 0 Å². The molecule has 20 heavy (non-hydrogen) atoms. The number of nitrogens with zero attached hydrogens (tertiary/aromatic N) is 3. The van der Waals surface area contributed by atoms with Crippen molar-refractivity contribution in [1.29, 1.82) is 0 Å². The van der Waals surface area contributed by atoms with Crippen molar-refractivity contribution in [3.63, 3.8) is 0 Å². The van der Waals surface area contributed by atoms with Crippen LogP contribution < -0.4 is 5.32 Å². The molecule has 0 aliphatic carbocycles. The largest absolute Gasteiger partial charge is 0.336 e. The Morgan fingerprint density at radius 2 is 2.35 bits per heavy atom. The number of hydrogen-bond donors (Lipinski definition) is 1. The fourth-order valence-corrected chi connectivity index (χ4v) is 2.14. The van der Waals surface area contributed by atoms with Gasteiger partial charge in [-0.2, -0.15) is 0 Å². The Hall–Kier alpha value is -2.21. The fourth-order valence-electron chi connectivity index (χ4n) is 2.14. The molecule has 0 saturated heterocycles. The molecule has 2 rings (SSSR count). The van der Waals surface area contributed by atoms with Gasteiger partial charge in [0.2, 0.25) is 0 Å². The first-order chi connectivity index (χ1) is 9.70.